The molecule has 0 radical (unpaired) electrons. The molecular weight excluding hydrogens is 270 g/mol. The van der Waals surface area contributed by atoms with Gasteiger partial charge in [0.15, 0.2) is 0 Å². The summed E-state index contributed by atoms with van der Waals surface area (Å²) < 4.78 is 5.50. The van der Waals surface area contributed by atoms with Gasteiger partial charge in [-0.15, -0.1) is 0 Å². The molecule has 0 saturated carbocycles. The molecule has 1 atom stereocenters. The maximum atomic E-state index is 11.1. The summed E-state index contributed by atoms with van der Waals surface area (Å²) in [7, 11) is 1.56. The first-order chi connectivity index (χ1) is 9.80. The molecule has 6 nitrogen and oxygen atoms in total. The molecule has 1 aromatic rings. The van der Waals surface area contributed by atoms with Gasteiger partial charge in [-0.2, -0.15) is 0 Å². The average molecular weight is 295 g/mol. The van der Waals surface area contributed by atoms with Crippen molar-refractivity contribution in [2.75, 3.05) is 25.5 Å². The summed E-state index contributed by atoms with van der Waals surface area (Å²) in [5, 5.41) is 18.2. The number of aliphatic hydroxyl groups excluding tert-OH is 1. The predicted molar refractivity (Wildman–Crippen MR) is 83.8 cm³/mol. The van der Waals surface area contributed by atoms with Gasteiger partial charge in [0.05, 0.1) is 0 Å². The quantitative estimate of drug-likeness (QED) is 0.642. The number of urea groups is 1. The van der Waals surface area contributed by atoms with Crippen LogP contribution in [0.25, 0.3) is 0 Å². The van der Waals surface area contributed by atoms with Crippen molar-refractivity contribution in [1.29, 1.82) is 0 Å². The van der Waals surface area contributed by atoms with Crippen molar-refractivity contribution in [3.05, 3.63) is 24.3 Å². The molecule has 0 aliphatic heterocycles. The van der Waals surface area contributed by atoms with Gasteiger partial charge in [-0.3, -0.25) is 0 Å². The fraction of sp³-hybridized carbons (Fsp3) is 0.533. The van der Waals surface area contributed by atoms with E-state index in [0.717, 1.165) is 0 Å². The Labute approximate surface area is 125 Å². The van der Waals surface area contributed by atoms with Gasteiger partial charge < -0.3 is 25.8 Å². The largest absolute Gasteiger partial charge is 0.491 e. The number of benzene rings is 1. The zero-order chi connectivity index (χ0) is 15.9. The number of hydrogen-bond acceptors (Lipinski definition) is 4. The van der Waals surface area contributed by atoms with Crippen LogP contribution in [0.4, 0.5) is 10.5 Å². The van der Waals surface area contributed by atoms with Crippen LogP contribution in [-0.2, 0) is 0 Å². The Morgan fingerprint density at radius 2 is 1.90 bits per heavy atom. The molecule has 0 spiro atoms. The Balaban J connectivity index is 2.37. The highest BCUT2D eigenvalue weighted by Gasteiger charge is 2.12. The van der Waals surface area contributed by atoms with E-state index < -0.39 is 6.10 Å². The lowest BCUT2D eigenvalue weighted by atomic mass is 10.1. The Morgan fingerprint density at radius 1 is 1.29 bits per heavy atom. The van der Waals surface area contributed by atoms with Gasteiger partial charge in [0, 0.05) is 24.8 Å². The van der Waals surface area contributed by atoms with Crippen LogP contribution >= 0.6 is 0 Å². The number of ether oxygens (including phenoxy) is 1. The molecule has 2 amide bonds. The van der Waals surface area contributed by atoms with Crippen LogP contribution in [0.2, 0.25) is 0 Å². The van der Waals surface area contributed by atoms with Gasteiger partial charge in [-0.05, 0) is 45.0 Å². The molecule has 21 heavy (non-hydrogen) atoms. The van der Waals surface area contributed by atoms with Crippen molar-refractivity contribution < 1.29 is 14.6 Å². The minimum absolute atomic E-state index is 0.0336. The second-order valence-electron chi connectivity index (χ2n) is 5.82. The van der Waals surface area contributed by atoms with Crippen LogP contribution in [-0.4, -0.2) is 43.0 Å². The molecule has 0 heterocycles. The van der Waals surface area contributed by atoms with Crippen molar-refractivity contribution >= 4 is 11.7 Å². The summed E-state index contributed by atoms with van der Waals surface area (Å²) in [4.78, 5) is 11.1. The third kappa shape index (κ3) is 7.53. The smallest absolute Gasteiger partial charge is 0.318 e. The minimum Gasteiger partial charge on any atom is -0.491 e. The fourth-order valence-corrected chi connectivity index (χ4v) is 1.50. The van der Waals surface area contributed by atoms with Crippen molar-refractivity contribution in [1.82, 2.24) is 10.6 Å². The van der Waals surface area contributed by atoms with Crippen LogP contribution in [0.5, 0.6) is 5.75 Å². The van der Waals surface area contributed by atoms with E-state index in [2.05, 4.69) is 16.0 Å². The lowest BCUT2D eigenvalue weighted by Gasteiger charge is -2.23. The Kier molecular flexibility index (Phi) is 6.45. The van der Waals surface area contributed by atoms with Crippen LogP contribution in [0, 0.1) is 0 Å². The Morgan fingerprint density at radius 3 is 2.43 bits per heavy atom. The molecule has 0 saturated heterocycles. The highest BCUT2D eigenvalue weighted by molar-refractivity contribution is 5.88. The molecule has 0 unspecified atom stereocenters. The second kappa shape index (κ2) is 7.85. The van der Waals surface area contributed by atoms with Gasteiger partial charge >= 0.3 is 6.03 Å². The molecule has 0 aliphatic rings. The maximum Gasteiger partial charge on any atom is 0.318 e. The second-order valence-corrected chi connectivity index (χ2v) is 5.82. The van der Waals surface area contributed by atoms with Crippen LogP contribution in [0.1, 0.15) is 20.8 Å². The minimum atomic E-state index is -0.576. The van der Waals surface area contributed by atoms with Gasteiger partial charge in [-0.1, -0.05) is 0 Å². The Hall–Kier alpha value is -1.79. The molecule has 1 aromatic carbocycles. The lowest BCUT2D eigenvalue weighted by molar-refractivity contribution is 0.100. The summed E-state index contributed by atoms with van der Waals surface area (Å²) in [5.41, 5.74) is 0.644. The summed E-state index contributed by atoms with van der Waals surface area (Å²) in [5.74, 6) is 0.646. The third-order valence-electron chi connectivity index (χ3n) is 2.65. The van der Waals surface area contributed by atoms with Gasteiger partial charge in [0.2, 0.25) is 0 Å². The van der Waals surface area contributed by atoms with Crippen molar-refractivity contribution in [3.8, 4) is 5.75 Å². The maximum absolute atomic E-state index is 11.1. The summed E-state index contributed by atoms with van der Waals surface area (Å²) in [6.45, 7) is 6.81. The number of rotatable bonds is 6. The highest BCUT2D eigenvalue weighted by Crippen LogP contribution is 2.15. The van der Waals surface area contributed by atoms with E-state index in [4.69, 9.17) is 4.74 Å². The van der Waals surface area contributed by atoms with Crippen molar-refractivity contribution in [3.63, 3.8) is 0 Å². The number of hydrogen-bond donors (Lipinski definition) is 4. The van der Waals surface area contributed by atoms with Crippen LogP contribution in [0.15, 0.2) is 24.3 Å². The average Bonchev–Trinajstić information content (AvgIpc) is 2.43. The van der Waals surface area contributed by atoms with E-state index >= 15 is 0 Å². The van der Waals surface area contributed by atoms with Gasteiger partial charge in [-0.25, -0.2) is 4.79 Å². The number of aliphatic hydroxyl groups is 1. The monoisotopic (exact) mass is 295 g/mol. The summed E-state index contributed by atoms with van der Waals surface area (Å²) in [6.07, 6.45) is -0.576. The standard InChI is InChI=1S/C15H25N3O3/c1-15(2,3)17-9-12(19)10-21-13-7-5-11(6-8-13)18-14(20)16-4/h5-8,12,17,19H,9-10H2,1-4H3,(H2,16,18,20)/t12-/m1/s1. The molecular formula is C15H25N3O3. The first-order valence-electron chi connectivity index (χ1n) is 6.95. The number of carbonyl (C=O) groups excluding carboxylic acids is 1. The summed E-state index contributed by atoms with van der Waals surface area (Å²) >= 11 is 0. The number of nitrogens with one attached hydrogen (secondary N) is 3. The molecule has 0 aliphatic carbocycles. The molecule has 0 bridgehead atoms. The topological polar surface area (TPSA) is 82.6 Å². The highest BCUT2D eigenvalue weighted by atomic mass is 16.5. The van der Waals surface area contributed by atoms with E-state index in [0.29, 0.717) is 18.0 Å². The first-order valence-corrected chi connectivity index (χ1v) is 6.95. The number of carbonyl (C=O) groups is 1. The van der Waals surface area contributed by atoms with Crippen LogP contribution in [0.3, 0.4) is 0 Å². The van der Waals surface area contributed by atoms with Crippen LogP contribution < -0.4 is 20.7 Å². The van der Waals surface area contributed by atoms with E-state index in [9.17, 15) is 9.90 Å². The molecule has 118 valence electrons. The SMILES string of the molecule is CNC(=O)Nc1ccc(OC[C@H](O)CNC(C)(C)C)cc1. The summed E-state index contributed by atoms with van der Waals surface area (Å²) in [6, 6.07) is 6.70. The normalized spacial score (nSPS) is 12.6. The molecule has 4 N–H and O–H groups in total. The van der Waals surface area contributed by atoms with Crippen molar-refractivity contribution in [2.45, 2.75) is 32.4 Å². The van der Waals surface area contributed by atoms with E-state index in [1.54, 1.807) is 31.3 Å². The molecule has 0 fully saturated rings. The Bertz CT molecular complexity index is 440. The van der Waals surface area contributed by atoms with Gasteiger partial charge in [0.1, 0.15) is 18.5 Å². The van der Waals surface area contributed by atoms with E-state index in [1.165, 1.54) is 0 Å². The molecule has 0 aromatic heterocycles. The number of β-amino-alcohol motifs (C(OH)–C–C–N with tert-alkyl or cyclic N) is 1. The van der Waals surface area contributed by atoms with Gasteiger partial charge in [0.25, 0.3) is 0 Å². The fourth-order valence-electron chi connectivity index (χ4n) is 1.50. The lowest BCUT2D eigenvalue weighted by Crippen LogP contribution is -2.42. The zero-order valence-corrected chi connectivity index (χ0v) is 13.1. The zero-order valence-electron chi connectivity index (χ0n) is 13.1. The van der Waals surface area contributed by atoms with Crippen molar-refractivity contribution in [2.24, 2.45) is 0 Å². The number of anilines is 1. The van der Waals surface area contributed by atoms with E-state index in [-0.39, 0.29) is 18.2 Å². The van der Waals surface area contributed by atoms with E-state index in [1.807, 2.05) is 20.8 Å². The predicted octanol–water partition coefficient (Wildman–Crippen LogP) is 1.57. The third-order valence-corrected chi connectivity index (χ3v) is 2.65. The first kappa shape index (κ1) is 17.3. The molecule has 1 rings (SSSR count). The molecule has 6 heteroatoms. The number of amides is 2.